The number of amides is 2. The summed E-state index contributed by atoms with van der Waals surface area (Å²) in [7, 11) is 0. The lowest BCUT2D eigenvalue weighted by molar-refractivity contribution is -0.167. The van der Waals surface area contributed by atoms with Crippen molar-refractivity contribution in [3.8, 4) is 0 Å². The molecule has 0 aromatic carbocycles. The van der Waals surface area contributed by atoms with Gasteiger partial charge in [0, 0.05) is 0 Å². The van der Waals surface area contributed by atoms with Gasteiger partial charge in [0.15, 0.2) is 0 Å². The van der Waals surface area contributed by atoms with Crippen LogP contribution in [-0.2, 0) is 4.79 Å². The fourth-order valence-electron chi connectivity index (χ4n) is 0.753. The lowest BCUT2D eigenvalue weighted by Gasteiger charge is -2.06. The quantitative estimate of drug-likeness (QED) is 0.656. The van der Waals surface area contributed by atoms with E-state index >= 15 is 0 Å². The van der Waals surface area contributed by atoms with Gasteiger partial charge in [-0.3, -0.25) is 14.7 Å². The van der Waals surface area contributed by atoms with Crippen molar-refractivity contribution in [2.24, 2.45) is 5.73 Å². The summed E-state index contributed by atoms with van der Waals surface area (Å²) in [6.07, 6.45) is -4.13. The normalized spacial score (nSPS) is 11.1. The van der Waals surface area contributed by atoms with Crippen LogP contribution >= 0.6 is 0 Å². The molecule has 15 heavy (non-hydrogen) atoms. The highest BCUT2D eigenvalue weighted by Gasteiger charge is 2.39. The summed E-state index contributed by atoms with van der Waals surface area (Å²) in [5.74, 6) is -3.69. The Bertz CT molecular complexity index is 397. The smallest absolute Gasteiger partial charge is 0.365 e. The minimum absolute atomic E-state index is 0.326. The van der Waals surface area contributed by atoms with E-state index in [1.54, 1.807) is 0 Å². The molecule has 0 saturated heterocycles. The van der Waals surface area contributed by atoms with E-state index in [0.29, 0.717) is 0 Å². The number of primary amides is 1. The number of hydrogen-bond acceptors (Lipinski definition) is 3. The Morgan fingerprint density at radius 3 is 2.53 bits per heavy atom. The fourth-order valence-corrected chi connectivity index (χ4v) is 0.753. The van der Waals surface area contributed by atoms with Crippen LogP contribution < -0.4 is 11.1 Å². The van der Waals surface area contributed by atoms with Crippen molar-refractivity contribution in [2.45, 2.75) is 6.18 Å². The van der Waals surface area contributed by atoms with Crippen LogP contribution in [0.3, 0.4) is 0 Å². The SMILES string of the molecule is NC(=O)c1cn[nH]c1NC(=O)C(F)(F)F. The molecule has 1 heterocycles. The van der Waals surface area contributed by atoms with E-state index in [0.717, 1.165) is 6.20 Å². The fraction of sp³-hybridized carbons (Fsp3) is 0.167. The molecule has 0 unspecified atom stereocenters. The predicted molar refractivity (Wildman–Crippen MR) is 41.8 cm³/mol. The van der Waals surface area contributed by atoms with Gasteiger partial charge < -0.3 is 11.1 Å². The van der Waals surface area contributed by atoms with E-state index in [4.69, 9.17) is 5.73 Å². The molecule has 6 nitrogen and oxygen atoms in total. The number of nitrogens with two attached hydrogens (primary N) is 1. The number of hydrogen-bond donors (Lipinski definition) is 3. The molecule has 0 saturated carbocycles. The van der Waals surface area contributed by atoms with E-state index < -0.39 is 23.8 Å². The lowest BCUT2D eigenvalue weighted by atomic mass is 10.3. The van der Waals surface area contributed by atoms with Crippen LogP contribution in [0.1, 0.15) is 10.4 Å². The van der Waals surface area contributed by atoms with E-state index in [1.807, 2.05) is 5.10 Å². The van der Waals surface area contributed by atoms with Gasteiger partial charge in [-0.2, -0.15) is 18.3 Å². The number of alkyl halides is 3. The Morgan fingerprint density at radius 1 is 1.47 bits per heavy atom. The van der Waals surface area contributed by atoms with Gasteiger partial charge in [0.2, 0.25) is 0 Å². The molecule has 0 radical (unpaired) electrons. The maximum atomic E-state index is 11.8. The first-order chi connectivity index (χ1) is 6.82. The number of rotatable bonds is 2. The van der Waals surface area contributed by atoms with E-state index in [1.165, 1.54) is 5.32 Å². The number of aromatic amines is 1. The highest BCUT2D eigenvalue weighted by molar-refractivity contribution is 6.02. The summed E-state index contributed by atoms with van der Waals surface area (Å²) in [5, 5.41) is 6.71. The molecule has 0 spiro atoms. The third kappa shape index (κ3) is 2.45. The maximum Gasteiger partial charge on any atom is 0.471 e. The summed E-state index contributed by atoms with van der Waals surface area (Å²) in [6, 6.07) is 0. The average Bonchev–Trinajstić information content (AvgIpc) is 2.50. The van der Waals surface area contributed by atoms with Gasteiger partial charge in [-0.1, -0.05) is 0 Å². The van der Waals surface area contributed by atoms with Crippen LogP contribution in [0, 0.1) is 0 Å². The number of nitrogens with one attached hydrogen (secondary N) is 2. The van der Waals surface area contributed by atoms with Gasteiger partial charge in [0.1, 0.15) is 11.4 Å². The van der Waals surface area contributed by atoms with Crippen LogP contribution in [0.15, 0.2) is 6.20 Å². The molecule has 0 bridgehead atoms. The number of H-pyrrole nitrogens is 1. The summed E-state index contributed by atoms with van der Waals surface area (Å²) < 4.78 is 35.4. The topological polar surface area (TPSA) is 101 Å². The van der Waals surface area contributed by atoms with E-state index in [-0.39, 0.29) is 5.56 Å². The number of carbonyl (C=O) groups is 2. The molecule has 4 N–H and O–H groups in total. The Hall–Kier alpha value is -2.06. The van der Waals surface area contributed by atoms with Gasteiger partial charge >= 0.3 is 12.1 Å². The largest absolute Gasteiger partial charge is 0.471 e. The van der Waals surface area contributed by atoms with Crippen LogP contribution in [0.25, 0.3) is 0 Å². The first kappa shape index (κ1) is 11.0. The summed E-state index contributed by atoms with van der Waals surface area (Å²) in [6.45, 7) is 0. The minimum Gasteiger partial charge on any atom is -0.365 e. The first-order valence-electron chi connectivity index (χ1n) is 3.53. The number of carbonyl (C=O) groups excluding carboxylic acids is 2. The Morgan fingerprint density at radius 2 is 2.07 bits per heavy atom. The zero-order chi connectivity index (χ0) is 11.6. The molecule has 0 aliphatic carbocycles. The van der Waals surface area contributed by atoms with Gasteiger partial charge in [0.05, 0.1) is 6.20 Å². The van der Waals surface area contributed by atoms with Gasteiger partial charge in [-0.25, -0.2) is 0 Å². The number of nitrogens with zero attached hydrogens (tertiary/aromatic N) is 1. The Kier molecular flexibility index (Phi) is 2.64. The average molecular weight is 222 g/mol. The van der Waals surface area contributed by atoms with Crippen molar-refractivity contribution < 1.29 is 22.8 Å². The molecule has 2 amide bonds. The molecular weight excluding hydrogens is 217 g/mol. The molecule has 9 heteroatoms. The minimum atomic E-state index is -5.04. The molecule has 0 atom stereocenters. The first-order valence-corrected chi connectivity index (χ1v) is 3.53. The van der Waals surface area contributed by atoms with Crippen molar-refractivity contribution in [3.63, 3.8) is 0 Å². The Balaban J connectivity index is 2.86. The van der Waals surface area contributed by atoms with Crippen molar-refractivity contribution in [1.29, 1.82) is 0 Å². The number of halogens is 3. The molecule has 1 rings (SSSR count). The predicted octanol–water partition coefficient (Wildman–Crippen LogP) is 0.00940. The summed E-state index contributed by atoms with van der Waals surface area (Å²) >= 11 is 0. The van der Waals surface area contributed by atoms with Crippen LogP contribution in [0.2, 0.25) is 0 Å². The second kappa shape index (κ2) is 3.59. The number of aromatic nitrogens is 2. The van der Waals surface area contributed by atoms with Crippen LogP contribution in [-0.4, -0.2) is 28.2 Å². The van der Waals surface area contributed by atoms with Crippen LogP contribution in [0.5, 0.6) is 0 Å². The van der Waals surface area contributed by atoms with Gasteiger partial charge in [0.25, 0.3) is 5.91 Å². The van der Waals surface area contributed by atoms with E-state index in [9.17, 15) is 22.8 Å². The summed E-state index contributed by atoms with van der Waals surface area (Å²) in [4.78, 5) is 21.1. The molecular formula is C6H5F3N4O2. The maximum absolute atomic E-state index is 11.8. The molecule has 0 fully saturated rings. The molecule has 0 aliphatic heterocycles. The molecule has 82 valence electrons. The van der Waals surface area contributed by atoms with E-state index in [2.05, 4.69) is 5.10 Å². The van der Waals surface area contributed by atoms with Crippen molar-refractivity contribution >= 4 is 17.6 Å². The number of anilines is 1. The third-order valence-electron chi connectivity index (χ3n) is 1.40. The summed E-state index contributed by atoms with van der Waals surface area (Å²) in [5.41, 5.74) is 4.49. The zero-order valence-corrected chi connectivity index (χ0v) is 7.05. The molecule has 1 aromatic rings. The second-order valence-electron chi connectivity index (χ2n) is 2.47. The monoisotopic (exact) mass is 222 g/mol. The van der Waals surface area contributed by atoms with Crippen molar-refractivity contribution in [2.75, 3.05) is 5.32 Å². The second-order valence-corrected chi connectivity index (χ2v) is 2.47. The van der Waals surface area contributed by atoms with Gasteiger partial charge in [-0.05, 0) is 0 Å². The molecule has 0 aliphatic rings. The van der Waals surface area contributed by atoms with Crippen molar-refractivity contribution in [1.82, 2.24) is 10.2 Å². The zero-order valence-electron chi connectivity index (χ0n) is 7.05. The van der Waals surface area contributed by atoms with Gasteiger partial charge in [-0.15, -0.1) is 0 Å². The highest BCUT2D eigenvalue weighted by Crippen LogP contribution is 2.18. The van der Waals surface area contributed by atoms with Crippen molar-refractivity contribution in [3.05, 3.63) is 11.8 Å². The Labute approximate surface area is 80.6 Å². The van der Waals surface area contributed by atoms with Crippen LogP contribution in [0.4, 0.5) is 19.0 Å². The molecule has 1 aromatic heterocycles. The highest BCUT2D eigenvalue weighted by atomic mass is 19.4. The lowest BCUT2D eigenvalue weighted by Crippen LogP contribution is -2.31. The third-order valence-corrected chi connectivity index (χ3v) is 1.40. The standard InChI is InChI=1S/C6H5F3N4O2/c7-6(8,9)5(15)12-4-2(3(10)14)1-11-13-4/h1H,(H2,10,14)(H2,11,12,13,15).